The van der Waals surface area contributed by atoms with E-state index < -0.39 is 11.7 Å². The highest BCUT2D eigenvalue weighted by Crippen LogP contribution is 2.34. The third-order valence-corrected chi connectivity index (χ3v) is 3.20. The van der Waals surface area contributed by atoms with Gasteiger partial charge in [-0.2, -0.15) is 18.4 Å². The molecule has 0 aliphatic carbocycles. The van der Waals surface area contributed by atoms with Crippen LogP contribution in [-0.4, -0.2) is 24.2 Å². The number of nitriles is 1. The number of aliphatic hydroxyl groups excluding tert-OH is 1. The summed E-state index contributed by atoms with van der Waals surface area (Å²) >= 11 is 0. The third kappa shape index (κ3) is 2.60. The molecule has 106 valence electrons. The van der Waals surface area contributed by atoms with E-state index in [-0.39, 0.29) is 42.6 Å². The molecule has 0 radical (unpaired) electrons. The minimum Gasteiger partial charge on any atom is -0.396 e. The van der Waals surface area contributed by atoms with Gasteiger partial charge in [-0.25, -0.2) is 0 Å². The van der Waals surface area contributed by atoms with Gasteiger partial charge in [0, 0.05) is 25.5 Å². The van der Waals surface area contributed by atoms with Crippen molar-refractivity contribution in [1.82, 2.24) is 0 Å². The monoisotopic (exact) mass is 284 g/mol. The molecule has 1 N–H and O–H groups in total. The summed E-state index contributed by atoms with van der Waals surface area (Å²) in [5.74, 6) is -0.559. The topological polar surface area (TPSA) is 64.3 Å². The normalized spacial score (nSPS) is 19.2. The van der Waals surface area contributed by atoms with E-state index in [2.05, 4.69) is 0 Å². The van der Waals surface area contributed by atoms with Gasteiger partial charge >= 0.3 is 6.18 Å². The molecule has 1 aliphatic rings. The van der Waals surface area contributed by atoms with Crippen LogP contribution >= 0.6 is 0 Å². The minimum atomic E-state index is -4.53. The Bertz CT molecular complexity index is 578. The molecule has 0 bridgehead atoms. The lowest BCUT2D eigenvalue weighted by Gasteiger charge is -2.19. The number of benzene rings is 1. The first-order chi connectivity index (χ1) is 9.36. The summed E-state index contributed by atoms with van der Waals surface area (Å²) in [5, 5.41) is 18.0. The molecule has 1 aromatic rings. The van der Waals surface area contributed by atoms with Crippen LogP contribution in [0.3, 0.4) is 0 Å². The molecule has 0 spiro atoms. The predicted molar refractivity (Wildman–Crippen MR) is 63.7 cm³/mol. The summed E-state index contributed by atoms with van der Waals surface area (Å²) in [7, 11) is 0. The summed E-state index contributed by atoms with van der Waals surface area (Å²) in [5.41, 5.74) is -0.976. The van der Waals surface area contributed by atoms with E-state index in [0.717, 1.165) is 18.2 Å². The summed E-state index contributed by atoms with van der Waals surface area (Å²) < 4.78 is 37.8. The van der Waals surface area contributed by atoms with Crippen LogP contribution in [-0.2, 0) is 11.0 Å². The van der Waals surface area contributed by atoms with Crippen molar-refractivity contribution >= 4 is 11.6 Å². The molecule has 1 heterocycles. The van der Waals surface area contributed by atoms with Gasteiger partial charge in [-0.05, 0) is 18.2 Å². The van der Waals surface area contributed by atoms with Crippen molar-refractivity contribution in [3.8, 4) is 6.07 Å². The van der Waals surface area contributed by atoms with Crippen molar-refractivity contribution in [3.05, 3.63) is 29.3 Å². The van der Waals surface area contributed by atoms with Gasteiger partial charge in [-0.3, -0.25) is 4.79 Å². The summed E-state index contributed by atoms with van der Waals surface area (Å²) in [6.45, 7) is 0.0279. The van der Waals surface area contributed by atoms with E-state index in [0.29, 0.717) is 0 Å². The lowest BCUT2D eigenvalue weighted by atomic mass is 10.1. The maximum absolute atomic E-state index is 12.6. The molecule has 1 unspecified atom stereocenters. The van der Waals surface area contributed by atoms with Crippen LogP contribution in [0, 0.1) is 17.2 Å². The number of carbonyl (C=O) groups is 1. The third-order valence-electron chi connectivity index (χ3n) is 3.20. The maximum atomic E-state index is 12.6. The molecule has 2 rings (SSSR count). The first-order valence-corrected chi connectivity index (χ1v) is 5.89. The van der Waals surface area contributed by atoms with Crippen molar-refractivity contribution in [2.45, 2.75) is 12.6 Å². The molecule has 1 atom stereocenters. The van der Waals surface area contributed by atoms with Crippen molar-refractivity contribution < 1.29 is 23.1 Å². The van der Waals surface area contributed by atoms with Gasteiger partial charge in [0.2, 0.25) is 5.91 Å². The fourth-order valence-corrected chi connectivity index (χ4v) is 2.17. The Kier molecular flexibility index (Phi) is 3.68. The Balaban J connectivity index is 2.39. The Labute approximate surface area is 113 Å². The van der Waals surface area contributed by atoms with Crippen molar-refractivity contribution in [1.29, 1.82) is 5.26 Å². The van der Waals surface area contributed by atoms with E-state index >= 15 is 0 Å². The second-order valence-corrected chi connectivity index (χ2v) is 4.60. The van der Waals surface area contributed by atoms with Gasteiger partial charge in [-0.1, -0.05) is 0 Å². The molecular formula is C13H11F3N2O2. The Morgan fingerprint density at radius 3 is 2.65 bits per heavy atom. The zero-order valence-corrected chi connectivity index (χ0v) is 10.3. The zero-order valence-electron chi connectivity index (χ0n) is 10.3. The van der Waals surface area contributed by atoms with Crippen LogP contribution in [0.15, 0.2) is 18.2 Å². The molecule has 7 heteroatoms. The summed E-state index contributed by atoms with van der Waals surface area (Å²) in [6, 6.07) is 4.38. The lowest BCUT2D eigenvalue weighted by Crippen LogP contribution is -2.26. The van der Waals surface area contributed by atoms with E-state index in [9.17, 15) is 18.0 Å². The van der Waals surface area contributed by atoms with Gasteiger partial charge in [0.25, 0.3) is 0 Å². The number of nitrogens with zero attached hydrogens (tertiary/aromatic N) is 2. The van der Waals surface area contributed by atoms with Crippen molar-refractivity contribution in [2.75, 3.05) is 18.1 Å². The van der Waals surface area contributed by atoms with Crippen LogP contribution in [0.1, 0.15) is 17.5 Å². The number of halogens is 3. The van der Waals surface area contributed by atoms with Gasteiger partial charge in [0.15, 0.2) is 0 Å². The van der Waals surface area contributed by atoms with Crippen molar-refractivity contribution in [3.63, 3.8) is 0 Å². The van der Waals surface area contributed by atoms with E-state index in [1.165, 1.54) is 4.90 Å². The molecule has 1 aliphatic heterocycles. The summed E-state index contributed by atoms with van der Waals surface area (Å²) in [4.78, 5) is 13.0. The molecular weight excluding hydrogens is 273 g/mol. The number of hydrogen-bond acceptors (Lipinski definition) is 3. The largest absolute Gasteiger partial charge is 0.416 e. The Morgan fingerprint density at radius 2 is 2.15 bits per heavy atom. The minimum absolute atomic E-state index is 0.127. The fraction of sp³-hybridized carbons (Fsp3) is 0.385. The zero-order chi connectivity index (χ0) is 14.9. The first kappa shape index (κ1) is 14.3. The van der Waals surface area contributed by atoms with E-state index in [1.54, 1.807) is 6.07 Å². The molecule has 1 fully saturated rings. The smallest absolute Gasteiger partial charge is 0.396 e. The fourth-order valence-electron chi connectivity index (χ4n) is 2.17. The second kappa shape index (κ2) is 5.13. The molecule has 0 saturated carbocycles. The van der Waals surface area contributed by atoms with Crippen LogP contribution < -0.4 is 4.90 Å². The number of carbonyl (C=O) groups excluding carboxylic acids is 1. The number of amides is 1. The molecule has 0 aromatic heterocycles. The van der Waals surface area contributed by atoms with Crippen LogP contribution in [0.4, 0.5) is 18.9 Å². The highest BCUT2D eigenvalue weighted by Gasteiger charge is 2.34. The highest BCUT2D eigenvalue weighted by molar-refractivity contribution is 5.97. The lowest BCUT2D eigenvalue weighted by molar-refractivity contribution is -0.137. The van der Waals surface area contributed by atoms with Crippen LogP contribution in [0.2, 0.25) is 0 Å². The average Bonchev–Trinajstić information content (AvgIpc) is 2.78. The van der Waals surface area contributed by atoms with E-state index in [1.807, 2.05) is 0 Å². The first-order valence-electron chi connectivity index (χ1n) is 5.89. The number of rotatable bonds is 2. The molecule has 1 aromatic carbocycles. The second-order valence-electron chi connectivity index (χ2n) is 4.60. The van der Waals surface area contributed by atoms with Crippen LogP contribution in [0.5, 0.6) is 0 Å². The van der Waals surface area contributed by atoms with Crippen molar-refractivity contribution in [2.24, 2.45) is 5.92 Å². The Hall–Kier alpha value is -2.07. The van der Waals surface area contributed by atoms with Gasteiger partial charge in [0.1, 0.15) is 6.07 Å². The maximum Gasteiger partial charge on any atom is 0.416 e. The standard InChI is InChI=1S/C13H11F3N2O2/c14-13(15,16)10-1-2-11(9(4-10)5-17)18-6-8(7-19)3-12(18)20/h1-2,4,8,19H,3,6-7H2. The quantitative estimate of drug-likeness (QED) is 0.902. The summed E-state index contributed by atoms with van der Waals surface area (Å²) in [6.07, 6.45) is -4.41. The number of hydrogen-bond donors (Lipinski definition) is 1. The Morgan fingerprint density at radius 1 is 1.45 bits per heavy atom. The number of aliphatic hydroxyl groups is 1. The molecule has 20 heavy (non-hydrogen) atoms. The number of anilines is 1. The molecule has 1 saturated heterocycles. The van der Waals surface area contributed by atoms with Gasteiger partial charge in [-0.15, -0.1) is 0 Å². The van der Waals surface area contributed by atoms with E-state index in [4.69, 9.17) is 10.4 Å². The van der Waals surface area contributed by atoms with Gasteiger partial charge in [0.05, 0.1) is 16.8 Å². The average molecular weight is 284 g/mol. The number of alkyl halides is 3. The van der Waals surface area contributed by atoms with Gasteiger partial charge < -0.3 is 10.0 Å². The molecule has 1 amide bonds. The SMILES string of the molecule is N#Cc1cc(C(F)(F)F)ccc1N1CC(CO)CC1=O. The molecule has 4 nitrogen and oxygen atoms in total. The van der Waals surface area contributed by atoms with Crippen LogP contribution in [0.25, 0.3) is 0 Å². The predicted octanol–water partition coefficient (Wildman–Crippen LogP) is 1.92. The highest BCUT2D eigenvalue weighted by atomic mass is 19.4.